The van der Waals surface area contributed by atoms with Crippen LogP contribution >= 0.6 is 0 Å². The molecule has 0 saturated carbocycles. The first-order chi connectivity index (χ1) is 25.8. The third kappa shape index (κ3) is 4.54. The molecule has 0 spiro atoms. The molecule has 0 unspecified atom stereocenters. The van der Waals surface area contributed by atoms with E-state index in [0.29, 0.717) is 28.6 Å². The highest BCUT2D eigenvalue weighted by Gasteiger charge is 2.28. The summed E-state index contributed by atoms with van der Waals surface area (Å²) in [5.74, 6) is 1.49. The van der Waals surface area contributed by atoms with Crippen LogP contribution in [0.1, 0.15) is 5.56 Å². The van der Waals surface area contributed by atoms with Gasteiger partial charge in [0.15, 0.2) is 17.5 Å². The van der Waals surface area contributed by atoms with Crippen molar-refractivity contribution in [3.05, 3.63) is 175 Å². The number of benzene rings is 7. The van der Waals surface area contributed by atoms with Gasteiger partial charge in [0.1, 0.15) is 0 Å². The predicted octanol–water partition coefficient (Wildman–Crippen LogP) is 10.9. The number of hydrogen-bond acceptors (Lipinski definition) is 4. The van der Waals surface area contributed by atoms with Gasteiger partial charge >= 0.3 is 0 Å². The Hall–Kier alpha value is -7.36. The van der Waals surface area contributed by atoms with Crippen LogP contribution in [0.25, 0.3) is 89.2 Å². The highest BCUT2D eigenvalue weighted by Crippen LogP contribution is 2.45. The van der Waals surface area contributed by atoms with Gasteiger partial charge in [0.05, 0.1) is 45.0 Å². The topological polar surface area (TPSA) is 72.3 Å². The minimum absolute atomic E-state index is 0.424. The second kappa shape index (κ2) is 11.9. The molecule has 0 saturated heterocycles. The molecule has 10 rings (SSSR count). The van der Waals surface area contributed by atoms with E-state index in [1.807, 2.05) is 72.8 Å². The number of hydrogen-bond donors (Lipinski definition) is 0. The maximum absolute atomic E-state index is 11.1. The van der Waals surface area contributed by atoms with Crippen LogP contribution in [0.2, 0.25) is 0 Å². The lowest BCUT2D eigenvalue weighted by molar-refractivity contribution is 1.06. The van der Waals surface area contributed by atoms with Gasteiger partial charge in [-0.25, -0.2) is 15.0 Å². The molecule has 0 bridgehead atoms. The zero-order chi connectivity index (χ0) is 34.6. The van der Waals surface area contributed by atoms with Crippen LogP contribution in [0, 0.1) is 11.3 Å². The largest absolute Gasteiger partial charge is 0.307 e. The van der Waals surface area contributed by atoms with Crippen molar-refractivity contribution in [2.45, 2.75) is 0 Å². The first-order valence-corrected chi connectivity index (χ1v) is 17.2. The number of aromatic nitrogens is 5. The molecule has 0 fully saturated rings. The van der Waals surface area contributed by atoms with E-state index in [4.69, 9.17) is 15.0 Å². The Kier molecular flexibility index (Phi) is 6.76. The highest BCUT2D eigenvalue weighted by atomic mass is 15.1. The van der Waals surface area contributed by atoms with Gasteiger partial charge in [-0.2, -0.15) is 5.26 Å². The van der Waals surface area contributed by atoms with Gasteiger partial charge in [-0.3, -0.25) is 0 Å². The molecule has 3 aromatic heterocycles. The molecular weight excluding hydrogens is 637 g/mol. The lowest BCUT2D eigenvalue weighted by Gasteiger charge is -2.19. The quantitative estimate of drug-likeness (QED) is 0.184. The zero-order valence-corrected chi connectivity index (χ0v) is 27.8. The number of rotatable bonds is 5. The van der Waals surface area contributed by atoms with Gasteiger partial charge in [0, 0.05) is 38.4 Å². The van der Waals surface area contributed by atoms with E-state index in [1.54, 1.807) is 0 Å². The molecule has 7 aromatic carbocycles. The lowest BCUT2D eigenvalue weighted by atomic mass is 9.99. The molecule has 0 N–H and O–H groups in total. The highest BCUT2D eigenvalue weighted by molar-refractivity contribution is 6.17. The van der Waals surface area contributed by atoms with E-state index in [-0.39, 0.29) is 0 Å². The van der Waals surface area contributed by atoms with E-state index < -0.39 is 0 Å². The van der Waals surface area contributed by atoms with E-state index in [9.17, 15) is 5.26 Å². The number of nitrogens with zero attached hydrogens (tertiary/aromatic N) is 6. The Bertz CT molecular complexity index is 2900. The minimum Gasteiger partial charge on any atom is -0.307 e. The van der Waals surface area contributed by atoms with Crippen molar-refractivity contribution < 1.29 is 0 Å². The Labute approximate surface area is 299 Å². The smallest absolute Gasteiger partial charge is 0.167 e. The molecule has 0 atom stereocenters. The van der Waals surface area contributed by atoms with Gasteiger partial charge in [-0.05, 0) is 36.4 Å². The monoisotopic (exact) mass is 664 g/mol. The summed E-state index contributed by atoms with van der Waals surface area (Å²) >= 11 is 0. The Morgan fingerprint density at radius 2 is 0.846 bits per heavy atom. The van der Waals surface area contributed by atoms with Crippen LogP contribution in [0.15, 0.2) is 170 Å². The zero-order valence-electron chi connectivity index (χ0n) is 27.8. The summed E-state index contributed by atoms with van der Waals surface area (Å²) in [7, 11) is 0. The molecule has 0 aliphatic rings. The molecule has 6 nitrogen and oxygen atoms in total. The second-order valence-corrected chi connectivity index (χ2v) is 12.8. The van der Waals surface area contributed by atoms with Crippen molar-refractivity contribution >= 4 is 43.6 Å². The van der Waals surface area contributed by atoms with Gasteiger partial charge < -0.3 is 9.13 Å². The molecule has 0 amide bonds. The Morgan fingerprint density at radius 3 is 1.37 bits per heavy atom. The van der Waals surface area contributed by atoms with Crippen LogP contribution in [0.4, 0.5) is 0 Å². The first kappa shape index (κ1) is 29.5. The van der Waals surface area contributed by atoms with Crippen molar-refractivity contribution in [1.29, 1.82) is 5.26 Å². The van der Waals surface area contributed by atoms with Crippen LogP contribution < -0.4 is 0 Å². The van der Waals surface area contributed by atoms with Gasteiger partial charge in [0.25, 0.3) is 0 Å². The van der Waals surface area contributed by atoms with E-state index in [2.05, 4.69) is 112 Å². The first-order valence-electron chi connectivity index (χ1n) is 17.2. The fourth-order valence-corrected chi connectivity index (χ4v) is 7.57. The second-order valence-electron chi connectivity index (χ2n) is 12.8. The van der Waals surface area contributed by atoms with Gasteiger partial charge in [0.2, 0.25) is 0 Å². The summed E-state index contributed by atoms with van der Waals surface area (Å²) in [6.07, 6.45) is 0. The normalized spacial score (nSPS) is 11.4. The van der Waals surface area contributed by atoms with Crippen LogP contribution in [-0.4, -0.2) is 24.1 Å². The maximum Gasteiger partial charge on any atom is 0.167 e. The Morgan fingerprint density at radius 1 is 0.423 bits per heavy atom. The predicted molar refractivity (Wildman–Crippen MR) is 210 cm³/mol. The molecule has 0 aliphatic heterocycles. The molecule has 52 heavy (non-hydrogen) atoms. The summed E-state index contributed by atoms with van der Waals surface area (Å²) in [4.78, 5) is 15.4. The third-order valence-corrected chi connectivity index (χ3v) is 9.79. The standard InChI is InChI=1S/C46H28N6/c47-29-32-28-37-36-24-12-13-25-38(36)51(33-20-8-3-9-21-33)42(37)43(52-39-26-14-10-22-34(39)35-23-11-15-27-40(35)52)41(32)46-49-44(30-16-4-1-5-17-30)48-45(50-46)31-18-6-2-7-19-31/h1-28H. The summed E-state index contributed by atoms with van der Waals surface area (Å²) in [6, 6.07) is 60.2. The van der Waals surface area contributed by atoms with Gasteiger partial charge in [-0.1, -0.05) is 133 Å². The van der Waals surface area contributed by atoms with Crippen molar-refractivity contribution in [2.24, 2.45) is 0 Å². The van der Waals surface area contributed by atoms with Crippen molar-refractivity contribution in [3.8, 4) is 51.6 Å². The molecule has 242 valence electrons. The average molecular weight is 665 g/mol. The minimum atomic E-state index is 0.424. The van der Waals surface area contributed by atoms with Crippen molar-refractivity contribution in [1.82, 2.24) is 24.1 Å². The Balaban J connectivity index is 1.46. The SMILES string of the molecule is N#Cc1cc2c3ccccc3n(-c3ccccc3)c2c(-n2c3ccccc3c3ccccc32)c1-c1nc(-c2ccccc2)nc(-c2ccccc2)n1. The van der Waals surface area contributed by atoms with Crippen molar-refractivity contribution in [2.75, 3.05) is 0 Å². The number of nitriles is 1. The summed E-state index contributed by atoms with van der Waals surface area (Å²) in [5.41, 5.74) is 8.71. The van der Waals surface area contributed by atoms with Crippen molar-refractivity contribution in [3.63, 3.8) is 0 Å². The maximum atomic E-state index is 11.1. The van der Waals surface area contributed by atoms with Gasteiger partial charge in [-0.15, -0.1) is 0 Å². The van der Waals surface area contributed by atoms with E-state index >= 15 is 0 Å². The summed E-state index contributed by atoms with van der Waals surface area (Å²) < 4.78 is 4.61. The fourth-order valence-electron chi connectivity index (χ4n) is 7.57. The molecule has 6 heteroatoms. The molecule has 0 radical (unpaired) electrons. The summed E-state index contributed by atoms with van der Waals surface area (Å²) in [6.45, 7) is 0. The van der Waals surface area contributed by atoms with Crippen LogP contribution in [0.3, 0.4) is 0 Å². The molecule has 10 aromatic rings. The summed E-state index contributed by atoms with van der Waals surface area (Å²) in [5, 5.41) is 15.4. The average Bonchev–Trinajstić information content (AvgIpc) is 3.74. The van der Waals surface area contributed by atoms with E-state index in [1.165, 1.54) is 0 Å². The van der Waals surface area contributed by atoms with Crippen LogP contribution in [-0.2, 0) is 0 Å². The molecule has 3 heterocycles. The van der Waals surface area contributed by atoms with Crippen LogP contribution in [0.5, 0.6) is 0 Å². The fraction of sp³-hybridized carbons (Fsp3) is 0. The lowest BCUT2D eigenvalue weighted by Crippen LogP contribution is -2.08. The molecule has 0 aliphatic carbocycles. The van der Waals surface area contributed by atoms with E-state index in [0.717, 1.165) is 66.1 Å². The third-order valence-electron chi connectivity index (χ3n) is 9.79. The number of para-hydroxylation sites is 4. The number of fused-ring (bicyclic) bond motifs is 6. The molecular formula is C46H28N6.